The molecule has 0 spiro atoms. The number of imidazole rings is 1. The number of nitrogens with zero attached hydrogens (tertiary/aromatic N) is 2. The number of carbonyl (C=O) groups excluding carboxylic acids is 2. The lowest BCUT2D eigenvalue weighted by Gasteiger charge is -2.05. The van der Waals surface area contributed by atoms with Crippen LogP contribution in [0.15, 0.2) is 78.9 Å². The van der Waals surface area contributed by atoms with Crippen LogP contribution in [0.4, 0.5) is 5.69 Å². The highest BCUT2D eigenvalue weighted by molar-refractivity contribution is 6.02. The molecule has 0 saturated heterocycles. The summed E-state index contributed by atoms with van der Waals surface area (Å²) in [6.07, 6.45) is 3.12. The van der Waals surface area contributed by atoms with Crippen molar-refractivity contribution in [1.82, 2.24) is 9.71 Å². The van der Waals surface area contributed by atoms with Gasteiger partial charge in [0.15, 0.2) is 11.6 Å². The molecule has 0 aliphatic rings. The van der Waals surface area contributed by atoms with Gasteiger partial charge in [0.25, 0.3) is 0 Å². The number of hydrogen-bond acceptors (Lipinski definition) is 4. The standard InChI is InChI=1S/C24H19N3O3/c1-16(28)18-9-6-17(7-10-18)8-15-23(29)25-20-13-11-19(12-14-20)24-26-21-4-2-3-5-22(21)27(24)30/h2-15,30H,1H3,(H,25,29)/b15-8+. The second-order valence-corrected chi connectivity index (χ2v) is 6.81. The lowest BCUT2D eigenvalue weighted by molar-refractivity contribution is -0.111. The molecule has 0 aliphatic heterocycles. The van der Waals surface area contributed by atoms with Gasteiger partial charge < -0.3 is 10.5 Å². The Labute approximate surface area is 173 Å². The Kier molecular flexibility index (Phi) is 5.13. The van der Waals surface area contributed by atoms with E-state index in [0.717, 1.165) is 15.9 Å². The summed E-state index contributed by atoms with van der Waals surface area (Å²) in [5.74, 6) is 0.166. The van der Waals surface area contributed by atoms with Crippen LogP contribution in [0.2, 0.25) is 0 Å². The molecule has 3 aromatic carbocycles. The summed E-state index contributed by atoms with van der Waals surface area (Å²) in [5.41, 5.74) is 4.15. The fraction of sp³-hybridized carbons (Fsp3) is 0.0417. The SMILES string of the molecule is CC(=O)c1ccc(/C=C/C(=O)Nc2ccc(-c3nc4ccccc4n3O)cc2)cc1. The summed E-state index contributed by atoms with van der Waals surface area (Å²) in [6, 6.07) is 21.4. The summed E-state index contributed by atoms with van der Waals surface area (Å²) >= 11 is 0. The van der Waals surface area contributed by atoms with Crippen molar-refractivity contribution in [3.8, 4) is 11.4 Å². The van der Waals surface area contributed by atoms with Gasteiger partial charge in [0.05, 0.1) is 5.52 Å². The third kappa shape index (κ3) is 3.98. The Balaban J connectivity index is 1.44. The van der Waals surface area contributed by atoms with Crippen LogP contribution < -0.4 is 5.32 Å². The Bertz CT molecular complexity index is 1250. The smallest absolute Gasteiger partial charge is 0.248 e. The second kappa shape index (κ2) is 8.05. The second-order valence-electron chi connectivity index (χ2n) is 6.81. The molecule has 6 heteroatoms. The molecule has 0 unspecified atom stereocenters. The number of rotatable bonds is 5. The van der Waals surface area contributed by atoms with Gasteiger partial charge in [0.1, 0.15) is 5.52 Å². The van der Waals surface area contributed by atoms with Crippen LogP contribution >= 0.6 is 0 Å². The zero-order valence-electron chi connectivity index (χ0n) is 16.2. The van der Waals surface area contributed by atoms with Crippen molar-refractivity contribution in [1.29, 1.82) is 0 Å². The summed E-state index contributed by atoms with van der Waals surface area (Å²) in [6.45, 7) is 1.51. The molecule has 0 fully saturated rings. The zero-order chi connectivity index (χ0) is 21.1. The lowest BCUT2D eigenvalue weighted by Crippen LogP contribution is -2.07. The highest BCUT2D eigenvalue weighted by Gasteiger charge is 2.11. The van der Waals surface area contributed by atoms with Crippen molar-refractivity contribution in [3.63, 3.8) is 0 Å². The van der Waals surface area contributed by atoms with Gasteiger partial charge in [-0.3, -0.25) is 9.59 Å². The van der Waals surface area contributed by atoms with Crippen LogP contribution in [0.5, 0.6) is 0 Å². The Hall–Kier alpha value is -4.19. The summed E-state index contributed by atoms with van der Waals surface area (Å²) in [7, 11) is 0. The van der Waals surface area contributed by atoms with Crippen LogP contribution in [-0.4, -0.2) is 26.6 Å². The molecule has 0 saturated carbocycles. The van der Waals surface area contributed by atoms with E-state index in [-0.39, 0.29) is 11.7 Å². The Morgan fingerprint density at radius 2 is 1.67 bits per heavy atom. The number of nitrogens with one attached hydrogen (secondary N) is 1. The largest absolute Gasteiger partial charge is 0.426 e. The number of fused-ring (bicyclic) bond motifs is 1. The minimum atomic E-state index is -0.271. The number of anilines is 1. The first-order chi connectivity index (χ1) is 14.5. The third-order valence-electron chi connectivity index (χ3n) is 4.69. The van der Waals surface area contributed by atoms with Gasteiger partial charge in [-0.1, -0.05) is 36.4 Å². The van der Waals surface area contributed by atoms with Crippen LogP contribution in [0.1, 0.15) is 22.8 Å². The molecular formula is C24H19N3O3. The number of Topliss-reactive ketones (excluding diaryl/α,β-unsaturated/α-hetero) is 1. The average Bonchev–Trinajstić information content (AvgIpc) is 3.10. The molecule has 1 heterocycles. The number of ketones is 1. The molecule has 0 bridgehead atoms. The molecule has 30 heavy (non-hydrogen) atoms. The number of aromatic nitrogens is 2. The van der Waals surface area contributed by atoms with Gasteiger partial charge >= 0.3 is 0 Å². The number of para-hydroxylation sites is 2. The van der Waals surface area contributed by atoms with Crippen LogP contribution in [-0.2, 0) is 4.79 Å². The molecule has 6 nitrogen and oxygen atoms in total. The van der Waals surface area contributed by atoms with Crippen molar-refractivity contribution in [2.75, 3.05) is 5.32 Å². The van der Waals surface area contributed by atoms with E-state index in [2.05, 4.69) is 10.3 Å². The maximum Gasteiger partial charge on any atom is 0.248 e. The van der Waals surface area contributed by atoms with Crippen LogP contribution in [0.3, 0.4) is 0 Å². The van der Waals surface area contributed by atoms with E-state index < -0.39 is 0 Å². The first-order valence-electron chi connectivity index (χ1n) is 9.38. The summed E-state index contributed by atoms with van der Waals surface area (Å²) in [4.78, 5) is 27.9. The highest BCUT2D eigenvalue weighted by atomic mass is 16.5. The molecule has 0 radical (unpaired) electrons. The highest BCUT2D eigenvalue weighted by Crippen LogP contribution is 2.24. The summed E-state index contributed by atoms with van der Waals surface area (Å²) < 4.78 is 1.06. The number of benzene rings is 3. The fourth-order valence-corrected chi connectivity index (χ4v) is 3.09. The molecule has 4 aromatic rings. The van der Waals surface area contributed by atoms with Gasteiger partial charge in [0, 0.05) is 22.9 Å². The predicted molar refractivity (Wildman–Crippen MR) is 116 cm³/mol. The molecule has 148 valence electrons. The molecule has 1 amide bonds. The monoisotopic (exact) mass is 397 g/mol. The fourth-order valence-electron chi connectivity index (χ4n) is 3.09. The Morgan fingerprint density at radius 1 is 0.967 bits per heavy atom. The van der Waals surface area contributed by atoms with Crippen molar-refractivity contribution >= 4 is 34.5 Å². The molecular weight excluding hydrogens is 378 g/mol. The Morgan fingerprint density at radius 3 is 2.33 bits per heavy atom. The van der Waals surface area contributed by atoms with E-state index in [0.29, 0.717) is 28.1 Å². The average molecular weight is 397 g/mol. The van der Waals surface area contributed by atoms with E-state index in [1.54, 1.807) is 60.7 Å². The predicted octanol–water partition coefficient (Wildman–Crippen LogP) is 4.80. The third-order valence-corrected chi connectivity index (χ3v) is 4.69. The first kappa shape index (κ1) is 19.1. The normalized spacial score (nSPS) is 11.1. The van der Waals surface area contributed by atoms with Crippen molar-refractivity contribution < 1.29 is 14.8 Å². The van der Waals surface area contributed by atoms with Gasteiger partial charge in [-0.15, -0.1) is 0 Å². The first-order valence-corrected chi connectivity index (χ1v) is 9.38. The zero-order valence-corrected chi connectivity index (χ0v) is 16.2. The number of amides is 1. The molecule has 2 N–H and O–H groups in total. The van der Waals surface area contributed by atoms with Crippen molar-refractivity contribution in [2.45, 2.75) is 6.92 Å². The number of carbonyl (C=O) groups is 2. The van der Waals surface area contributed by atoms with Crippen molar-refractivity contribution in [2.24, 2.45) is 0 Å². The molecule has 4 rings (SSSR count). The topological polar surface area (TPSA) is 84.2 Å². The van der Waals surface area contributed by atoms with E-state index >= 15 is 0 Å². The van der Waals surface area contributed by atoms with Gasteiger partial charge in [-0.25, -0.2) is 4.98 Å². The van der Waals surface area contributed by atoms with Crippen molar-refractivity contribution in [3.05, 3.63) is 90.0 Å². The molecule has 0 atom stereocenters. The van der Waals surface area contributed by atoms with E-state index in [9.17, 15) is 14.8 Å². The van der Waals surface area contributed by atoms with E-state index in [4.69, 9.17) is 0 Å². The quantitative estimate of drug-likeness (QED) is 0.288. The minimum Gasteiger partial charge on any atom is -0.426 e. The molecule has 1 aromatic heterocycles. The van der Waals surface area contributed by atoms with Gasteiger partial charge in [0.2, 0.25) is 5.91 Å². The lowest BCUT2D eigenvalue weighted by atomic mass is 10.1. The molecule has 0 aliphatic carbocycles. The maximum absolute atomic E-state index is 12.2. The maximum atomic E-state index is 12.2. The van der Waals surface area contributed by atoms with Crippen LogP contribution in [0.25, 0.3) is 28.5 Å². The summed E-state index contributed by atoms with van der Waals surface area (Å²) in [5, 5.41) is 13.1. The minimum absolute atomic E-state index is 0.00323. The van der Waals surface area contributed by atoms with Crippen LogP contribution in [0, 0.1) is 0 Å². The van der Waals surface area contributed by atoms with E-state index in [1.807, 2.05) is 18.2 Å². The van der Waals surface area contributed by atoms with Gasteiger partial charge in [-0.2, -0.15) is 4.73 Å². The van der Waals surface area contributed by atoms with Gasteiger partial charge in [-0.05, 0) is 55.0 Å². The number of hydrogen-bond donors (Lipinski definition) is 2. The van der Waals surface area contributed by atoms with E-state index in [1.165, 1.54) is 13.0 Å².